The molecule has 82 valence electrons. The zero-order chi connectivity index (χ0) is 11.8. The fourth-order valence-corrected chi connectivity index (χ4v) is 0.696. The number of carbonyl (C=O) groups excluding carboxylic acids is 1. The molecule has 0 bridgehead atoms. The molecule has 0 aliphatic heterocycles. The summed E-state index contributed by atoms with van der Waals surface area (Å²) in [5.41, 5.74) is 0.623. The minimum atomic E-state index is -0.980. The smallest absolute Gasteiger partial charge is 0.318 e. The van der Waals surface area contributed by atoms with E-state index in [4.69, 9.17) is 21.8 Å². The molecule has 0 aliphatic rings. The third-order valence-electron chi connectivity index (χ3n) is 1.39. The Labute approximate surface area is 92.1 Å². The highest BCUT2D eigenvalue weighted by Gasteiger charge is 1.96. The summed E-state index contributed by atoms with van der Waals surface area (Å²) in [7, 11) is 0. The van der Waals surface area contributed by atoms with Crippen molar-refractivity contribution >= 4 is 23.4 Å². The molecule has 0 fully saturated rings. The number of benzene rings is 1. The van der Waals surface area contributed by atoms with E-state index < -0.39 is 5.97 Å². The lowest BCUT2D eigenvalue weighted by Gasteiger charge is -1.93. The summed E-state index contributed by atoms with van der Waals surface area (Å²) >= 11 is 4.74. The van der Waals surface area contributed by atoms with Crippen molar-refractivity contribution in [3.63, 3.8) is 0 Å². The molecular weight excluding hydrogens is 220 g/mol. The number of carbonyl (C=O) groups is 2. The average Bonchev–Trinajstić information content (AvgIpc) is 2.19. The van der Waals surface area contributed by atoms with Gasteiger partial charge in [0.05, 0.1) is 0 Å². The lowest BCUT2D eigenvalue weighted by Crippen LogP contribution is -1.92. The van der Waals surface area contributed by atoms with Crippen molar-refractivity contribution in [1.29, 1.82) is 0 Å². The van der Waals surface area contributed by atoms with Gasteiger partial charge in [-0.25, -0.2) is 0 Å². The number of alkyl halides is 1. The third kappa shape index (κ3) is 6.51. The lowest BCUT2D eigenvalue weighted by atomic mass is 10.1. The van der Waals surface area contributed by atoms with Crippen LogP contribution in [0.15, 0.2) is 24.3 Å². The predicted molar refractivity (Wildman–Crippen MR) is 56.5 cm³/mol. The van der Waals surface area contributed by atoms with E-state index in [-0.39, 0.29) is 17.4 Å². The number of Topliss-reactive ketones (excluding diaryl/α,β-unsaturated/α-hetero) is 1. The number of hydrogen-bond donors (Lipinski definition) is 2. The zero-order valence-corrected chi connectivity index (χ0v) is 8.86. The second-order valence-electron chi connectivity index (χ2n) is 2.63. The van der Waals surface area contributed by atoms with Crippen molar-refractivity contribution in [3.8, 4) is 5.75 Å². The molecule has 0 atom stereocenters. The molecule has 0 spiro atoms. The molecule has 1 rings (SSSR count). The van der Waals surface area contributed by atoms with Crippen molar-refractivity contribution < 1.29 is 19.8 Å². The van der Waals surface area contributed by atoms with Crippen LogP contribution in [0.3, 0.4) is 0 Å². The van der Waals surface area contributed by atoms with Crippen LogP contribution in [0, 0.1) is 0 Å². The molecule has 0 saturated heterocycles. The van der Waals surface area contributed by atoms with Crippen LogP contribution in [0.5, 0.6) is 5.75 Å². The number of halogens is 1. The van der Waals surface area contributed by atoms with Gasteiger partial charge in [0.2, 0.25) is 0 Å². The number of aliphatic carboxylic acids is 1. The minimum Gasteiger partial charge on any atom is -0.508 e. The molecule has 5 heteroatoms. The number of ketones is 1. The molecule has 0 aromatic heterocycles. The number of hydrogen-bond acceptors (Lipinski definition) is 3. The van der Waals surface area contributed by atoms with E-state index in [1.54, 1.807) is 12.1 Å². The van der Waals surface area contributed by atoms with Gasteiger partial charge in [-0.2, -0.15) is 0 Å². The average molecular weight is 231 g/mol. The van der Waals surface area contributed by atoms with Crippen molar-refractivity contribution in [2.24, 2.45) is 0 Å². The second-order valence-corrected chi connectivity index (χ2v) is 2.90. The highest BCUT2D eigenvalue weighted by molar-refractivity contribution is 6.26. The standard InChI is InChI=1S/C8H8O2.C2H3ClO2/c1-6(9)7-2-4-8(10)5-3-7;3-1-2(4)5/h2-5,10H,1H3;1H2,(H,4,5). The monoisotopic (exact) mass is 230 g/mol. The Kier molecular flexibility index (Phi) is 6.13. The summed E-state index contributed by atoms with van der Waals surface area (Å²) in [6.45, 7) is 1.49. The summed E-state index contributed by atoms with van der Waals surface area (Å²) in [5, 5.41) is 16.4. The summed E-state index contributed by atoms with van der Waals surface area (Å²) in [6.07, 6.45) is 0. The van der Waals surface area contributed by atoms with Gasteiger partial charge in [0.25, 0.3) is 0 Å². The Bertz CT molecular complexity index is 332. The Balaban J connectivity index is 0.000000336. The predicted octanol–water partition coefficient (Wildman–Crippen LogP) is 1.90. The Hall–Kier alpha value is -1.55. The van der Waals surface area contributed by atoms with Gasteiger partial charge in [0.1, 0.15) is 11.6 Å². The summed E-state index contributed by atoms with van der Waals surface area (Å²) in [5.74, 6) is -1.09. The topological polar surface area (TPSA) is 74.6 Å². The first-order valence-electron chi connectivity index (χ1n) is 4.05. The maximum Gasteiger partial charge on any atom is 0.318 e. The molecule has 0 radical (unpaired) electrons. The second kappa shape index (κ2) is 6.84. The molecule has 0 heterocycles. The number of carboxylic acid groups (broad SMARTS) is 1. The third-order valence-corrected chi connectivity index (χ3v) is 1.62. The number of carboxylic acids is 1. The van der Waals surface area contributed by atoms with Crippen LogP contribution >= 0.6 is 11.6 Å². The minimum absolute atomic E-state index is 0.0139. The Morgan fingerprint density at radius 3 is 1.93 bits per heavy atom. The quantitative estimate of drug-likeness (QED) is 0.601. The fraction of sp³-hybridized carbons (Fsp3) is 0.200. The summed E-state index contributed by atoms with van der Waals surface area (Å²) in [6, 6.07) is 6.18. The van der Waals surface area contributed by atoms with Crippen LogP contribution < -0.4 is 0 Å². The summed E-state index contributed by atoms with van der Waals surface area (Å²) < 4.78 is 0. The van der Waals surface area contributed by atoms with E-state index in [2.05, 4.69) is 0 Å². The van der Waals surface area contributed by atoms with Crippen LogP contribution in [0.2, 0.25) is 0 Å². The first-order valence-corrected chi connectivity index (χ1v) is 4.58. The number of aromatic hydroxyl groups is 1. The van der Waals surface area contributed by atoms with Gasteiger partial charge < -0.3 is 10.2 Å². The normalized spacial score (nSPS) is 8.67. The van der Waals surface area contributed by atoms with E-state index >= 15 is 0 Å². The van der Waals surface area contributed by atoms with Crippen molar-refractivity contribution in [1.82, 2.24) is 0 Å². The van der Waals surface area contributed by atoms with Gasteiger partial charge in [-0.15, -0.1) is 11.6 Å². The molecular formula is C10H11ClO4. The molecule has 0 aliphatic carbocycles. The number of phenols is 1. The lowest BCUT2D eigenvalue weighted by molar-refractivity contribution is -0.134. The fourth-order valence-electron chi connectivity index (χ4n) is 0.696. The first kappa shape index (κ1) is 13.4. The molecule has 1 aromatic rings. The SMILES string of the molecule is CC(=O)c1ccc(O)cc1.O=C(O)CCl. The molecule has 0 unspecified atom stereocenters. The maximum atomic E-state index is 10.7. The van der Waals surface area contributed by atoms with E-state index in [9.17, 15) is 9.59 Å². The first-order chi connectivity index (χ1) is 6.97. The van der Waals surface area contributed by atoms with Crippen LogP contribution in [0.1, 0.15) is 17.3 Å². The molecule has 1 aromatic carbocycles. The molecule has 0 amide bonds. The highest BCUT2D eigenvalue weighted by Crippen LogP contribution is 2.09. The van der Waals surface area contributed by atoms with E-state index in [1.165, 1.54) is 19.1 Å². The maximum absolute atomic E-state index is 10.7. The number of rotatable bonds is 2. The van der Waals surface area contributed by atoms with Gasteiger partial charge >= 0.3 is 5.97 Å². The molecule has 15 heavy (non-hydrogen) atoms. The molecule has 2 N–H and O–H groups in total. The zero-order valence-electron chi connectivity index (χ0n) is 8.11. The van der Waals surface area contributed by atoms with E-state index in [1.807, 2.05) is 0 Å². The van der Waals surface area contributed by atoms with Crippen molar-refractivity contribution in [3.05, 3.63) is 29.8 Å². The van der Waals surface area contributed by atoms with Gasteiger partial charge in [-0.05, 0) is 31.2 Å². The van der Waals surface area contributed by atoms with Gasteiger partial charge in [0.15, 0.2) is 5.78 Å². The number of phenolic OH excluding ortho intramolecular Hbond substituents is 1. The van der Waals surface area contributed by atoms with Crippen molar-refractivity contribution in [2.75, 3.05) is 5.88 Å². The summed E-state index contributed by atoms with van der Waals surface area (Å²) in [4.78, 5) is 19.9. The molecule has 0 saturated carbocycles. The van der Waals surface area contributed by atoms with Crippen LogP contribution in [0.4, 0.5) is 0 Å². The van der Waals surface area contributed by atoms with Crippen LogP contribution in [0.25, 0.3) is 0 Å². The van der Waals surface area contributed by atoms with Gasteiger partial charge in [-0.1, -0.05) is 0 Å². The Morgan fingerprint density at radius 1 is 1.27 bits per heavy atom. The van der Waals surface area contributed by atoms with Crippen molar-refractivity contribution in [2.45, 2.75) is 6.92 Å². The van der Waals surface area contributed by atoms with Gasteiger partial charge in [0, 0.05) is 5.56 Å². The van der Waals surface area contributed by atoms with Gasteiger partial charge in [-0.3, -0.25) is 9.59 Å². The Morgan fingerprint density at radius 2 is 1.67 bits per heavy atom. The highest BCUT2D eigenvalue weighted by atomic mass is 35.5. The van der Waals surface area contributed by atoms with Crippen LogP contribution in [-0.2, 0) is 4.79 Å². The van der Waals surface area contributed by atoms with E-state index in [0.29, 0.717) is 5.56 Å². The van der Waals surface area contributed by atoms with E-state index in [0.717, 1.165) is 0 Å². The largest absolute Gasteiger partial charge is 0.508 e. The van der Waals surface area contributed by atoms with Crippen LogP contribution in [-0.4, -0.2) is 27.8 Å². The molecule has 4 nitrogen and oxygen atoms in total.